The fraction of sp³-hybridized carbons (Fsp3) is 0.417. The van der Waals surface area contributed by atoms with E-state index in [2.05, 4.69) is 11.4 Å². The van der Waals surface area contributed by atoms with E-state index in [1.807, 2.05) is 58.0 Å². The van der Waals surface area contributed by atoms with Crippen LogP contribution in [-0.4, -0.2) is 28.8 Å². The molecule has 29 heavy (non-hydrogen) atoms. The van der Waals surface area contributed by atoms with Gasteiger partial charge in [-0.15, -0.1) is 0 Å². The lowest BCUT2D eigenvalue weighted by atomic mass is 10.1. The number of amides is 2. The van der Waals surface area contributed by atoms with Crippen molar-refractivity contribution >= 4 is 23.4 Å². The summed E-state index contributed by atoms with van der Waals surface area (Å²) >= 11 is 5.96. The first kappa shape index (κ1) is 23.0. The fourth-order valence-electron chi connectivity index (χ4n) is 3.25. The number of hydrogen-bond acceptors (Lipinski definition) is 2. The van der Waals surface area contributed by atoms with Crippen molar-refractivity contribution in [3.63, 3.8) is 0 Å². The zero-order valence-electron chi connectivity index (χ0n) is 17.7. The van der Waals surface area contributed by atoms with E-state index in [1.54, 1.807) is 17.0 Å². The number of nitrogens with one attached hydrogen (secondary N) is 1. The largest absolute Gasteiger partial charge is 0.352 e. The van der Waals surface area contributed by atoms with E-state index in [1.165, 1.54) is 0 Å². The number of halogens is 1. The Labute approximate surface area is 179 Å². The van der Waals surface area contributed by atoms with Crippen molar-refractivity contribution in [2.75, 3.05) is 0 Å². The van der Waals surface area contributed by atoms with Crippen LogP contribution in [0.15, 0.2) is 48.5 Å². The van der Waals surface area contributed by atoms with Gasteiger partial charge in [0.1, 0.15) is 6.04 Å². The van der Waals surface area contributed by atoms with Crippen molar-refractivity contribution < 1.29 is 9.59 Å². The van der Waals surface area contributed by atoms with E-state index < -0.39 is 6.04 Å². The standard InChI is InChI=1S/C24H31ClN2O2/c1-5-18(4)26-24(29)22(6-2)27(16-20-9-7-8-17(3)14-20)23(28)15-19-10-12-21(25)13-11-19/h7-14,18,22H,5-6,15-16H2,1-4H3,(H,26,29). The van der Waals surface area contributed by atoms with Gasteiger partial charge in [0, 0.05) is 17.6 Å². The SMILES string of the molecule is CCC(C)NC(=O)C(CC)N(Cc1cccc(C)c1)C(=O)Cc1ccc(Cl)cc1. The number of aryl methyl sites for hydroxylation is 1. The quantitative estimate of drug-likeness (QED) is 0.633. The average Bonchev–Trinajstić information content (AvgIpc) is 2.69. The average molecular weight is 415 g/mol. The van der Waals surface area contributed by atoms with Crippen molar-refractivity contribution in [2.45, 2.75) is 65.6 Å². The third-order valence-electron chi connectivity index (χ3n) is 5.09. The molecule has 0 radical (unpaired) electrons. The molecule has 2 aromatic carbocycles. The first-order chi connectivity index (χ1) is 13.8. The van der Waals surface area contributed by atoms with Gasteiger partial charge < -0.3 is 10.2 Å². The Hall–Kier alpha value is -2.33. The van der Waals surface area contributed by atoms with Gasteiger partial charge in [-0.3, -0.25) is 9.59 Å². The molecular formula is C24H31ClN2O2. The van der Waals surface area contributed by atoms with Crippen LogP contribution in [-0.2, 0) is 22.6 Å². The molecule has 156 valence electrons. The van der Waals surface area contributed by atoms with Crippen molar-refractivity contribution in [2.24, 2.45) is 0 Å². The highest BCUT2D eigenvalue weighted by atomic mass is 35.5. The van der Waals surface area contributed by atoms with Gasteiger partial charge in [-0.25, -0.2) is 0 Å². The molecule has 2 rings (SSSR count). The van der Waals surface area contributed by atoms with Crippen LogP contribution in [0, 0.1) is 6.92 Å². The van der Waals surface area contributed by atoms with Crippen molar-refractivity contribution in [1.82, 2.24) is 10.2 Å². The molecular weight excluding hydrogens is 384 g/mol. The molecule has 1 N–H and O–H groups in total. The first-order valence-electron chi connectivity index (χ1n) is 10.2. The molecule has 2 aromatic rings. The third-order valence-corrected chi connectivity index (χ3v) is 5.34. The van der Waals surface area contributed by atoms with Crippen LogP contribution in [0.3, 0.4) is 0 Å². The van der Waals surface area contributed by atoms with Gasteiger partial charge in [0.15, 0.2) is 0 Å². The Morgan fingerprint density at radius 1 is 1.03 bits per heavy atom. The highest BCUT2D eigenvalue weighted by molar-refractivity contribution is 6.30. The molecule has 0 heterocycles. The number of carbonyl (C=O) groups excluding carboxylic acids is 2. The van der Waals surface area contributed by atoms with Crippen molar-refractivity contribution in [3.8, 4) is 0 Å². The van der Waals surface area contributed by atoms with Gasteiger partial charge in [-0.1, -0.05) is 67.4 Å². The molecule has 2 atom stereocenters. The van der Waals surface area contributed by atoms with E-state index in [9.17, 15) is 9.59 Å². The van der Waals surface area contributed by atoms with Crippen LogP contribution in [0.2, 0.25) is 5.02 Å². The topological polar surface area (TPSA) is 49.4 Å². The van der Waals surface area contributed by atoms with Crippen LogP contribution < -0.4 is 5.32 Å². The second kappa shape index (κ2) is 11.0. The predicted octanol–water partition coefficient (Wildman–Crippen LogP) is 4.91. The molecule has 0 spiro atoms. The molecule has 0 fully saturated rings. The van der Waals surface area contributed by atoms with E-state index >= 15 is 0 Å². The molecule has 2 amide bonds. The molecule has 0 aliphatic carbocycles. The van der Waals surface area contributed by atoms with Gasteiger partial charge in [-0.2, -0.15) is 0 Å². The Bertz CT molecular complexity index is 820. The highest BCUT2D eigenvalue weighted by Crippen LogP contribution is 2.17. The van der Waals surface area contributed by atoms with Crippen molar-refractivity contribution in [3.05, 3.63) is 70.2 Å². The number of benzene rings is 2. The normalized spacial score (nSPS) is 12.9. The smallest absolute Gasteiger partial charge is 0.243 e. The van der Waals surface area contributed by atoms with E-state index in [4.69, 9.17) is 11.6 Å². The maximum Gasteiger partial charge on any atom is 0.243 e. The Balaban J connectivity index is 2.28. The Morgan fingerprint density at radius 2 is 1.72 bits per heavy atom. The minimum Gasteiger partial charge on any atom is -0.352 e. The van der Waals surface area contributed by atoms with Gasteiger partial charge >= 0.3 is 0 Å². The molecule has 0 bridgehead atoms. The summed E-state index contributed by atoms with van der Waals surface area (Å²) in [6.07, 6.45) is 1.63. The zero-order chi connectivity index (χ0) is 21.4. The van der Waals surface area contributed by atoms with Crippen LogP contribution in [0.5, 0.6) is 0 Å². The fourth-order valence-corrected chi connectivity index (χ4v) is 3.37. The summed E-state index contributed by atoms with van der Waals surface area (Å²) in [5, 5.41) is 3.67. The maximum atomic E-state index is 13.3. The minimum absolute atomic E-state index is 0.0695. The van der Waals surface area contributed by atoms with Crippen LogP contribution >= 0.6 is 11.6 Å². The van der Waals surface area contributed by atoms with Crippen LogP contribution in [0.1, 0.15) is 50.3 Å². The third kappa shape index (κ3) is 6.90. The first-order valence-corrected chi connectivity index (χ1v) is 10.6. The Kier molecular flexibility index (Phi) is 8.71. The van der Waals surface area contributed by atoms with Crippen LogP contribution in [0.25, 0.3) is 0 Å². The van der Waals surface area contributed by atoms with Gasteiger partial charge in [0.05, 0.1) is 6.42 Å². The molecule has 4 nitrogen and oxygen atoms in total. The molecule has 0 aliphatic rings. The molecule has 0 saturated carbocycles. The van der Waals surface area contributed by atoms with Gasteiger partial charge in [-0.05, 0) is 49.9 Å². The lowest BCUT2D eigenvalue weighted by molar-refractivity contribution is -0.141. The number of hydrogen-bond donors (Lipinski definition) is 1. The number of carbonyl (C=O) groups is 2. The summed E-state index contributed by atoms with van der Waals surface area (Å²) in [5.74, 6) is -0.168. The van der Waals surface area contributed by atoms with Gasteiger partial charge in [0.2, 0.25) is 11.8 Å². The minimum atomic E-state index is -0.510. The summed E-state index contributed by atoms with van der Waals surface area (Å²) < 4.78 is 0. The predicted molar refractivity (Wildman–Crippen MR) is 119 cm³/mol. The van der Waals surface area contributed by atoms with E-state index in [0.29, 0.717) is 18.0 Å². The Morgan fingerprint density at radius 3 is 2.31 bits per heavy atom. The second-order valence-corrected chi connectivity index (χ2v) is 7.99. The van der Waals surface area contributed by atoms with Crippen LogP contribution in [0.4, 0.5) is 0 Å². The van der Waals surface area contributed by atoms with Gasteiger partial charge in [0.25, 0.3) is 0 Å². The number of nitrogens with zero attached hydrogens (tertiary/aromatic N) is 1. The molecule has 2 unspecified atom stereocenters. The molecule has 0 aromatic heterocycles. The monoisotopic (exact) mass is 414 g/mol. The zero-order valence-corrected chi connectivity index (χ0v) is 18.5. The highest BCUT2D eigenvalue weighted by Gasteiger charge is 2.29. The molecule has 5 heteroatoms. The van der Waals surface area contributed by atoms with E-state index in [-0.39, 0.29) is 24.3 Å². The molecule has 0 aliphatic heterocycles. The second-order valence-electron chi connectivity index (χ2n) is 7.56. The van der Waals surface area contributed by atoms with E-state index in [0.717, 1.165) is 23.1 Å². The summed E-state index contributed by atoms with van der Waals surface area (Å²) in [6.45, 7) is 8.38. The van der Waals surface area contributed by atoms with Crippen molar-refractivity contribution in [1.29, 1.82) is 0 Å². The lowest BCUT2D eigenvalue weighted by Gasteiger charge is -2.31. The summed E-state index contributed by atoms with van der Waals surface area (Å²) in [5.41, 5.74) is 3.03. The summed E-state index contributed by atoms with van der Waals surface area (Å²) in [6, 6.07) is 14.9. The molecule has 0 saturated heterocycles. The number of rotatable bonds is 9. The maximum absolute atomic E-state index is 13.3. The lowest BCUT2D eigenvalue weighted by Crippen LogP contribution is -2.51. The summed E-state index contributed by atoms with van der Waals surface area (Å²) in [7, 11) is 0. The summed E-state index contributed by atoms with van der Waals surface area (Å²) in [4.78, 5) is 27.9.